The van der Waals surface area contributed by atoms with Crippen LogP contribution in [0.15, 0.2) is 0 Å². The van der Waals surface area contributed by atoms with Crippen LogP contribution >= 0.6 is 0 Å². The van der Waals surface area contributed by atoms with Crippen LogP contribution in [0, 0.1) is 5.92 Å². The molecule has 6 nitrogen and oxygen atoms in total. The molecule has 2 rings (SSSR count). The maximum Gasteiger partial charge on any atom is 0.242 e. The molecule has 0 aromatic rings. The van der Waals surface area contributed by atoms with E-state index >= 15 is 0 Å². The average Bonchev–Trinajstić information content (AvgIpc) is 2.83. The van der Waals surface area contributed by atoms with Crippen molar-refractivity contribution in [2.24, 2.45) is 11.7 Å². The second-order valence-corrected chi connectivity index (χ2v) is 8.08. The van der Waals surface area contributed by atoms with Crippen LogP contribution in [0.5, 0.6) is 0 Å². The van der Waals surface area contributed by atoms with Crippen molar-refractivity contribution in [2.75, 3.05) is 25.9 Å². The van der Waals surface area contributed by atoms with E-state index in [2.05, 4.69) is 4.72 Å². The van der Waals surface area contributed by atoms with E-state index in [-0.39, 0.29) is 11.8 Å². The van der Waals surface area contributed by atoms with Crippen LogP contribution in [0.2, 0.25) is 0 Å². The Morgan fingerprint density at radius 1 is 1.35 bits per heavy atom. The molecule has 1 unspecified atom stereocenters. The Hall–Kier alpha value is -0.660. The molecule has 2 aliphatic rings. The number of rotatable bonds is 4. The fourth-order valence-electron chi connectivity index (χ4n) is 3.22. The SMILES string of the molecule is CS(=O)(=O)NCC1CCCN(C(=O)C2(N)CCCC2)C1. The van der Waals surface area contributed by atoms with Gasteiger partial charge in [-0.05, 0) is 31.6 Å². The zero-order chi connectivity index (χ0) is 14.8. The molecule has 116 valence electrons. The van der Waals surface area contributed by atoms with Crippen LogP contribution in [-0.4, -0.2) is 50.7 Å². The minimum absolute atomic E-state index is 0.0547. The number of hydrogen-bond donors (Lipinski definition) is 2. The van der Waals surface area contributed by atoms with Gasteiger partial charge in [0, 0.05) is 19.6 Å². The monoisotopic (exact) mass is 303 g/mol. The zero-order valence-corrected chi connectivity index (χ0v) is 12.9. The molecule has 1 saturated carbocycles. The molecule has 0 spiro atoms. The van der Waals surface area contributed by atoms with Crippen molar-refractivity contribution in [3.8, 4) is 0 Å². The highest BCUT2D eigenvalue weighted by molar-refractivity contribution is 7.88. The lowest BCUT2D eigenvalue weighted by atomic mass is 9.93. The number of likely N-dealkylation sites (tertiary alicyclic amines) is 1. The fraction of sp³-hybridized carbons (Fsp3) is 0.923. The van der Waals surface area contributed by atoms with Gasteiger partial charge >= 0.3 is 0 Å². The summed E-state index contributed by atoms with van der Waals surface area (Å²) in [6, 6.07) is 0. The molecular formula is C13H25N3O3S. The molecule has 1 heterocycles. The van der Waals surface area contributed by atoms with Crippen LogP contribution < -0.4 is 10.5 Å². The van der Waals surface area contributed by atoms with Gasteiger partial charge in [0.15, 0.2) is 0 Å². The number of carbonyl (C=O) groups excluding carboxylic acids is 1. The second kappa shape index (κ2) is 5.99. The lowest BCUT2D eigenvalue weighted by molar-refractivity contribution is -0.138. The van der Waals surface area contributed by atoms with Gasteiger partial charge in [0.25, 0.3) is 0 Å². The smallest absolute Gasteiger partial charge is 0.242 e. The van der Waals surface area contributed by atoms with E-state index in [1.807, 2.05) is 4.90 Å². The first-order valence-corrected chi connectivity index (χ1v) is 9.22. The van der Waals surface area contributed by atoms with Crippen molar-refractivity contribution < 1.29 is 13.2 Å². The van der Waals surface area contributed by atoms with Crippen LogP contribution in [0.25, 0.3) is 0 Å². The molecule has 1 atom stereocenters. The van der Waals surface area contributed by atoms with Gasteiger partial charge in [0.1, 0.15) is 0 Å². The summed E-state index contributed by atoms with van der Waals surface area (Å²) in [5.74, 6) is 0.242. The van der Waals surface area contributed by atoms with Crippen LogP contribution in [0.4, 0.5) is 0 Å². The van der Waals surface area contributed by atoms with E-state index in [0.717, 1.165) is 51.3 Å². The van der Waals surface area contributed by atoms with Gasteiger partial charge in [-0.2, -0.15) is 0 Å². The molecule has 3 N–H and O–H groups in total. The van der Waals surface area contributed by atoms with Crippen LogP contribution in [-0.2, 0) is 14.8 Å². The minimum Gasteiger partial charge on any atom is -0.341 e. The highest BCUT2D eigenvalue weighted by atomic mass is 32.2. The summed E-state index contributed by atoms with van der Waals surface area (Å²) in [4.78, 5) is 14.4. The number of nitrogens with two attached hydrogens (primary N) is 1. The Morgan fingerprint density at radius 2 is 2.00 bits per heavy atom. The Balaban J connectivity index is 1.91. The molecule has 7 heteroatoms. The molecule has 0 aromatic carbocycles. The van der Waals surface area contributed by atoms with E-state index < -0.39 is 15.6 Å². The number of nitrogens with one attached hydrogen (secondary N) is 1. The first-order chi connectivity index (χ1) is 9.30. The lowest BCUT2D eigenvalue weighted by Gasteiger charge is -2.37. The maximum atomic E-state index is 12.5. The molecule has 0 aromatic heterocycles. The van der Waals surface area contributed by atoms with E-state index in [1.54, 1.807) is 0 Å². The molecule has 1 saturated heterocycles. The molecule has 0 bridgehead atoms. The number of piperidine rings is 1. The summed E-state index contributed by atoms with van der Waals surface area (Å²) in [6.07, 6.45) is 6.61. The first kappa shape index (κ1) is 15.7. The summed E-state index contributed by atoms with van der Waals surface area (Å²) >= 11 is 0. The largest absolute Gasteiger partial charge is 0.341 e. The number of sulfonamides is 1. The van der Waals surface area contributed by atoms with E-state index in [4.69, 9.17) is 5.73 Å². The normalized spacial score (nSPS) is 26.7. The number of carbonyl (C=O) groups is 1. The van der Waals surface area contributed by atoms with Crippen molar-refractivity contribution in [3.63, 3.8) is 0 Å². The molecule has 0 radical (unpaired) electrons. The number of hydrogen-bond acceptors (Lipinski definition) is 4. The van der Waals surface area contributed by atoms with Gasteiger partial charge in [0.2, 0.25) is 15.9 Å². The second-order valence-electron chi connectivity index (χ2n) is 6.24. The third-order valence-electron chi connectivity index (χ3n) is 4.36. The van der Waals surface area contributed by atoms with Gasteiger partial charge in [-0.15, -0.1) is 0 Å². The molecule has 20 heavy (non-hydrogen) atoms. The molecule has 2 fully saturated rings. The Bertz CT molecular complexity index is 457. The van der Waals surface area contributed by atoms with Crippen molar-refractivity contribution >= 4 is 15.9 Å². The van der Waals surface area contributed by atoms with Crippen molar-refractivity contribution in [3.05, 3.63) is 0 Å². The highest BCUT2D eigenvalue weighted by Gasteiger charge is 2.40. The third kappa shape index (κ3) is 3.93. The van der Waals surface area contributed by atoms with Gasteiger partial charge in [-0.25, -0.2) is 13.1 Å². The molecule has 1 aliphatic carbocycles. The van der Waals surface area contributed by atoms with Crippen molar-refractivity contribution in [2.45, 2.75) is 44.1 Å². The number of amides is 1. The van der Waals surface area contributed by atoms with Gasteiger partial charge in [-0.3, -0.25) is 4.79 Å². The summed E-state index contributed by atoms with van der Waals surface area (Å²) in [5, 5.41) is 0. The van der Waals surface area contributed by atoms with Crippen molar-refractivity contribution in [1.29, 1.82) is 0 Å². The predicted molar refractivity (Wildman–Crippen MR) is 77.5 cm³/mol. The minimum atomic E-state index is -3.17. The number of nitrogens with zero attached hydrogens (tertiary/aromatic N) is 1. The van der Waals surface area contributed by atoms with Crippen molar-refractivity contribution in [1.82, 2.24) is 9.62 Å². The fourth-order valence-corrected chi connectivity index (χ4v) is 3.76. The quantitative estimate of drug-likeness (QED) is 0.767. The van der Waals surface area contributed by atoms with Gasteiger partial charge < -0.3 is 10.6 Å². The lowest BCUT2D eigenvalue weighted by Crippen LogP contribution is -2.56. The zero-order valence-electron chi connectivity index (χ0n) is 12.1. The van der Waals surface area contributed by atoms with E-state index in [0.29, 0.717) is 13.1 Å². The van der Waals surface area contributed by atoms with Gasteiger partial charge in [-0.1, -0.05) is 12.8 Å². The Kier molecular flexibility index (Phi) is 4.71. The maximum absolute atomic E-state index is 12.5. The molecule has 1 amide bonds. The van der Waals surface area contributed by atoms with Gasteiger partial charge in [0.05, 0.1) is 11.8 Å². The summed E-state index contributed by atoms with van der Waals surface area (Å²) in [6.45, 7) is 1.76. The molecular weight excluding hydrogens is 278 g/mol. The first-order valence-electron chi connectivity index (χ1n) is 7.33. The standard InChI is InChI=1S/C13H25N3O3S/c1-20(18,19)15-9-11-5-4-8-16(10-11)12(17)13(14)6-2-3-7-13/h11,15H,2-10,14H2,1H3. The Labute approximate surface area is 121 Å². The topological polar surface area (TPSA) is 92.5 Å². The highest BCUT2D eigenvalue weighted by Crippen LogP contribution is 2.30. The summed E-state index contributed by atoms with van der Waals surface area (Å²) < 4.78 is 24.8. The summed E-state index contributed by atoms with van der Waals surface area (Å²) in [5.41, 5.74) is 5.54. The van der Waals surface area contributed by atoms with Crippen LogP contribution in [0.3, 0.4) is 0 Å². The van der Waals surface area contributed by atoms with E-state index in [9.17, 15) is 13.2 Å². The van der Waals surface area contributed by atoms with E-state index in [1.165, 1.54) is 0 Å². The summed E-state index contributed by atoms with van der Waals surface area (Å²) in [7, 11) is -3.17. The molecule has 1 aliphatic heterocycles. The average molecular weight is 303 g/mol. The van der Waals surface area contributed by atoms with Crippen LogP contribution in [0.1, 0.15) is 38.5 Å². The predicted octanol–water partition coefficient (Wildman–Crippen LogP) is 0.0457. The Morgan fingerprint density at radius 3 is 2.60 bits per heavy atom. The third-order valence-corrected chi connectivity index (χ3v) is 5.05.